The number of likely N-dealkylation sites (tertiary alicyclic amines) is 1. The predicted molar refractivity (Wildman–Crippen MR) is 106 cm³/mol. The smallest absolute Gasteiger partial charge is 0.243 e. The summed E-state index contributed by atoms with van der Waals surface area (Å²) in [4.78, 5) is 28.2. The minimum Gasteiger partial charge on any atom is -0.343 e. The molecule has 0 unspecified atom stereocenters. The zero-order chi connectivity index (χ0) is 20.5. The number of sulfonamides is 1. The normalized spacial score (nSPS) is 19.7. The summed E-state index contributed by atoms with van der Waals surface area (Å²) in [7, 11) is -3.55. The van der Waals surface area contributed by atoms with Gasteiger partial charge in [-0.2, -0.15) is 4.31 Å². The fourth-order valence-corrected chi connectivity index (χ4v) is 5.70. The Hall–Kier alpha value is -1.93. The van der Waals surface area contributed by atoms with Crippen molar-refractivity contribution in [3.05, 3.63) is 29.3 Å². The molecule has 7 nitrogen and oxygen atoms in total. The van der Waals surface area contributed by atoms with Gasteiger partial charge >= 0.3 is 0 Å². The summed E-state index contributed by atoms with van der Waals surface area (Å²) >= 11 is 0. The van der Waals surface area contributed by atoms with Crippen LogP contribution < -0.4 is 0 Å². The molecule has 1 aromatic carbocycles. The number of nitrogens with zero attached hydrogens (tertiary/aromatic N) is 3. The van der Waals surface area contributed by atoms with Crippen LogP contribution in [0.5, 0.6) is 0 Å². The summed E-state index contributed by atoms with van der Waals surface area (Å²) in [5.74, 6) is 0.0703. The molecule has 0 atom stereocenters. The van der Waals surface area contributed by atoms with E-state index >= 15 is 0 Å². The van der Waals surface area contributed by atoms with E-state index in [4.69, 9.17) is 0 Å². The topological polar surface area (TPSA) is 78.0 Å². The maximum atomic E-state index is 13.0. The Bertz CT molecular complexity index is 852. The quantitative estimate of drug-likeness (QED) is 0.759. The molecular weight excluding hydrogens is 378 g/mol. The van der Waals surface area contributed by atoms with E-state index in [1.807, 2.05) is 19.1 Å². The Morgan fingerprint density at radius 3 is 2.11 bits per heavy atom. The molecule has 1 aromatic rings. The Morgan fingerprint density at radius 2 is 1.54 bits per heavy atom. The van der Waals surface area contributed by atoms with Gasteiger partial charge in [0.1, 0.15) is 0 Å². The molecule has 2 aliphatic heterocycles. The minimum absolute atomic E-state index is 0.0520. The lowest BCUT2D eigenvalue weighted by atomic mass is 9.95. The van der Waals surface area contributed by atoms with E-state index in [-0.39, 0.29) is 17.7 Å². The van der Waals surface area contributed by atoms with Gasteiger partial charge in [0.2, 0.25) is 21.8 Å². The molecule has 0 radical (unpaired) electrons. The van der Waals surface area contributed by atoms with Crippen molar-refractivity contribution >= 4 is 21.8 Å². The van der Waals surface area contributed by atoms with Crippen LogP contribution in [-0.4, -0.2) is 73.6 Å². The molecule has 2 fully saturated rings. The van der Waals surface area contributed by atoms with Crippen LogP contribution >= 0.6 is 0 Å². The maximum Gasteiger partial charge on any atom is 0.243 e. The molecule has 2 amide bonds. The number of amides is 2. The summed E-state index contributed by atoms with van der Waals surface area (Å²) < 4.78 is 27.5. The molecule has 2 heterocycles. The summed E-state index contributed by atoms with van der Waals surface area (Å²) in [5.41, 5.74) is 1.65. The van der Waals surface area contributed by atoms with Gasteiger partial charge in [0, 0.05) is 52.1 Å². The highest BCUT2D eigenvalue weighted by atomic mass is 32.2. The molecule has 0 aliphatic carbocycles. The highest BCUT2D eigenvalue weighted by molar-refractivity contribution is 7.89. The van der Waals surface area contributed by atoms with Crippen molar-refractivity contribution in [2.45, 2.75) is 38.5 Å². The van der Waals surface area contributed by atoms with Crippen LogP contribution in [0.1, 0.15) is 30.9 Å². The second kappa shape index (κ2) is 8.21. The Morgan fingerprint density at radius 1 is 0.929 bits per heavy atom. The molecule has 0 bridgehead atoms. The fraction of sp³-hybridized carbons (Fsp3) is 0.600. The van der Waals surface area contributed by atoms with E-state index in [9.17, 15) is 18.0 Å². The predicted octanol–water partition coefficient (Wildman–Crippen LogP) is 1.39. The van der Waals surface area contributed by atoms with E-state index in [1.165, 1.54) is 4.31 Å². The third-order valence-corrected chi connectivity index (χ3v) is 7.84. The molecule has 0 saturated carbocycles. The lowest BCUT2D eigenvalue weighted by Crippen LogP contribution is -2.53. The molecule has 154 valence electrons. The van der Waals surface area contributed by atoms with Crippen LogP contribution in [0.2, 0.25) is 0 Å². The number of aryl methyl sites for hydroxylation is 2. The average Bonchev–Trinajstić information content (AvgIpc) is 2.69. The van der Waals surface area contributed by atoms with Gasteiger partial charge in [0.05, 0.1) is 4.90 Å². The molecule has 8 heteroatoms. The van der Waals surface area contributed by atoms with Gasteiger partial charge in [0.15, 0.2) is 0 Å². The average molecular weight is 408 g/mol. The van der Waals surface area contributed by atoms with Crippen LogP contribution in [0.4, 0.5) is 0 Å². The highest BCUT2D eigenvalue weighted by Crippen LogP contribution is 2.24. The van der Waals surface area contributed by atoms with Gasteiger partial charge in [0.25, 0.3) is 0 Å². The third kappa shape index (κ3) is 4.22. The van der Waals surface area contributed by atoms with Crippen molar-refractivity contribution in [1.82, 2.24) is 14.1 Å². The van der Waals surface area contributed by atoms with E-state index < -0.39 is 10.0 Å². The third-order valence-electron chi connectivity index (χ3n) is 5.80. The first-order valence-corrected chi connectivity index (χ1v) is 11.3. The Labute approximate surface area is 167 Å². The van der Waals surface area contributed by atoms with Crippen molar-refractivity contribution in [3.63, 3.8) is 0 Å². The summed E-state index contributed by atoms with van der Waals surface area (Å²) in [6.07, 6.45) is 1.36. The number of piperazine rings is 1. The number of carbonyl (C=O) groups excluding carboxylic acids is 2. The lowest BCUT2D eigenvalue weighted by molar-refractivity contribution is -0.141. The SMILES string of the molecule is CC(=O)N1CCC(C(=O)N2CCN(S(=O)(=O)c3cc(C)ccc3C)CC2)CC1. The van der Waals surface area contributed by atoms with Crippen molar-refractivity contribution in [1.29, 1.82) is 0 Å². The first-order valence-electron chi connectivity index (χ1n) is 9.82. The van der Waals surface area contributed by atoms with Crippen LogP contribution in [0.3, 0.4) is 0 Å². The van der Waals surface area contributed by atoms with Crippen LogP contribution in [0.25, 0.3) is 0 Å². The van der Waals surface area contributed by atoms with Gasteiger partial charge in [-0.15, -0.1) is 0 Å². The van der Waals surface area contributed by atoms with Gasteiger partial charge in [-0.1, -0.05) is 12.1 Å². The minimum atomic E-state index is -3.55. The van der Waals surface area contributed by atoms with Gasteiger partial charge in [-0.3, -0.25) is 9.59 Å². The van der Waals surface area contributed by atoms with E-state index in [0.717, 1.165) is 11.1 Å². The number of hydrogen-bond donors (Lipinski definition) is 0. The molecule has 3 rings (SSSR count). The van der Waals surface area contributed by atoms with E-state index in [2.05, 4.69) is 0 Å². The monoisotopic (exact) mass is 407 g/mol. The molecule has 0 aromatic heterocycles. The highest BCUT2D eigenvalue weighted by Gasteiger charge is 2.34. The molecule has 28 heavy (non-hydrogen) atoms. The van der Waals surface area contributed by atoms with Crippen LogP contribution in [0, 0.1) is 19.8 Å². The van der Waals surface area contributed by atoms with Crippen molar-refractivity contribution in [3.8, 4) is 0 Å². The molecule has 2 saturated heterocycles. The Balaban J connectivity index is 1.60. The Kier molecular flexibility index (Phi) is 6.09. The first-order chi connectivity index (χ1) is 13.2. The van der Waals surface area contributed by atoms with Crippen LogP contribution in [0.15, 0.2) is 23.1 Å². The number of rotatable bonds is 3. The molecule has 0 spiro atoms. The van der Waals surface area contributed by atoms with Gasteiger partial charge in [-0.05, 0) is 43.9 Å². The van der Waals surface area contributed by atoms with Gasteiger partial charge in [-0.25, -0.2) is 8.42 Å². The van der Waals surface area contributed by atoms with Gasteiger partial charge < -0.3 is 9.80 Å². The molecule has 0 N–H and O–H groups in total. The lowest BCUT2D eigenvalue weighted by Gasteiger charge is -2.38. The second-order valence-electron chi connectivity index (χ2n) is 7.78. The number of benzene rings is 1. The number of piperidine rings is 1. The summed E-state index contributed by atoms with van der Waals surface area (Å²) in [6, 6.07) is 5.45. The fourth-order valence-electron chi connectivity index (χ4n) is 3.97. The first kappa shape index (κ1) is 20.8. The summed E-state index contributed by atoms with van der Waals surface area (Å²) in [5, 5.41) is 0. The number of carbonyl (C=O) groups is 2. The van der Waals surface area contributed by atoms with E-state index in [0.29, 0.717) is 57.0 Å². The number of hydrogen-bond acceptors (Lipinski definition) is 4. The zero-order valence-electron chi connectivity index (χ0n) is 16.8. The standard InChI is InChI=1S/C20H29N3O4S/c1-15-4-5-16(2)19(14-15)28(26,27)23-12-10-22(11-13-23)20(25)18-6-8-21(9-7-18)17(3)24/h4-5,14,18H,6-13H2,1-3H3. The molecule has 2 aliphatic rings. The second-order valence-corrected chi connectivity index (χ2v) is 9.69. The van der Waals surface area contributed by atoms with Crippen molar-refractivity contribution < 1.29 is 18.0 Å². The van der Waals surface area contributed by atoms with E-state index in [1.54, 1.807) is 29.7 Å². The summed E-state index contributed by atoms with van der Waals surface area (Å²) in [6.45, 7) is 7.93. The van der Waals surface area contributed by atoms with Crippen molar-refractivity contribution in [2.75, 3.05) is 39.3 Å². The molecular formula is C20H29N3O4S. The van der Waals surface area contributed by atoms with Crippen LogP contribution in [-0.2, 0) is 19.6 Å². The zero-order valence-corrected chi connectivity index (χ0v) is 17.7. The van der Waals surface area contributed by atoms with Crippen molar-refractivity contribution in [2.24, 2.45) is 5.92 Å². The largest absolute Gasteiger partial charge is 0.343 e. The maximum absolute atomic E-state index is 13.0.